The summed E-state index contributed by atoms with van der Waals surface area (Å²) in [5.74, 6) is -8.79. The number of carboxylic acids is 1. The van der Waals surface area contributed by atoms with Gasteiger partial charge < -0.3 is 20.5 Å². The van der Waals surface area contributed by atoms with Gasteiger partial charge in [-0.05, 0) is 35.4 Å². The summed E-state index contributed by atoms with van der Waals surface area (Å²) in [4.78, 5) is 27.9. The van der Waals surface area contributed by atoms with Crippen LogP contribution in [0.25, 0.3) is 0 Å². The molecule has 0 aliphatic carbocycles. The maximum Gasteiger partial charge on any atom is 0.461 e. The van der Waals surface area contributed by atoms with Gasteiger partial charge in [0.2, 0.25) is 0 Å². The predicted molar refractivity (Wildman–Crippen MR) is 132 cm³/mol. The Morgan fingerprint density at radius 2 is 1.71 bits per heavy atom. The maximum atomic E-state index is 14.8. The first-order valence-corrected chi connectivity index (χ1v) is 12.0. The molecule has 41 heavy (non-hydrogen) atoms. The Morgan fingerprint density at radius 3 is 2.29 bits per heavy atom. The quantitative estimate of drug-likeness (QED) is 0.219. The molecule has 0 bridgehead atoms. The summed E-state index contributed by atoms with van der Waals surface area (Å²) >= 11 is 5.95. The number of carbonyl (C=O) groups is 2. The molecular weight excluding hydrogens is 587 g/mol. The number of aromatic nitrogens is 1. The van der Waals surface area contributed by atoms with E-state index in [1.807, 2.05) is 0 Å². The lowest BCUT2D eigenvalue weighted by Crippen LogP contribution is -2.53. The van der Waals surface area contributed by atoms with Crippen molar-refractivity contribution in [2.24, 2.45) is 0 Å². The van der Waals surface area contributed by atoms with E-state index in [0.717, 1.165) is 18.3 Å². The number of ether oxygens (including phenoxy) is 1. The lowest BCUT2D eigenvalue weighted by Gasteiger charge is -2.36. The third kappa shape index (κ3) is 7.99. The van der Waals surface area contributed by atoms with Crippen LogP contribution in [0.1, 0.15) is 23.2 Å². The Hall–Kier alpha value is -4.07. The number of hydrogen-bond donors (Lipinski definition) is 3. The van der Waals surface area contributed by atoms with Gasteiger partial charge in [-0.25, -0.2) is 14.0 Å². The van der Waals surface area contributed by atoms with E-state index in [1.165, 1.54) is 12.1 Å². The SMILES string of the molecule is O=C(NCCC(F)(F)C(=O)O)N[C@@](Cc1ccccc1)(c1cc(F)cc(OC(F)(F)C(F)F)c1)c1ccc(Cl)cn1. The van der Waals surface area contributed by atoms with Crippen molar-refractivity contribution in [2.45, 2.75) is 36.8 Å². The van der Waals surface area contributed by atoms with Crippen LogP contribution < -0.4 is 15.4 Å². The highest BCUT2D eigenvalue weighted by molar-refractivity contribution is 6.30. The van der Waals surface area contributed by atoms with Crippen LogP contribution in [0, 0.1) is 5.82 Å². The molecule has 220 valence electrons. The zero-order valence-corrected chi connectivity index (χ0v) is 21.4. The minimum absolute atomic E-state index is 0.0473. The zero-order chi connectivity index (χ0) is 30.4. The molecule has 2 aromatic carbocycles. The minimum Gasteiger partial charge on any atom is -0.477 e. The Bertz CT molecular complexity index is 1360. The number of hydrogen-bond acceptors (Lipinski definition) is 4. The van der Waals surface area contributed by atoms with Gasteiger partial charge in [0.25, 0.3) is 0 Å². The molecular formula is C26H21ClF7N3O4. The van der Waals surface area contributed by atoms with E-state index in [2.05, 4.69) is 20.4 Å². The molecule has 1 atom stereocenters. The summed E-state index contributed by atoms with van der Waals surface area (Å²) in [6.45, 7) is -0.821. The van der Waals surface area contributed by atoms with Gasteiger partial charge in [-0.2, -0.15) is 26.3 Å². The van der Waals surface area contributed by atoms with Crippen LogP contribution in [0.3, 0.4) is 0 Å². The topological polar surface area (TPSA) is 101 Å². The second-order valence-electron chi connectivity index (χ2n) is 8.71. The van der Waals surface area contributed by atoms with Crippen LogP contribution in [0.15, 0.2) is 66.9 Å². The number of rotatable bonds is 12. The predicted octanol–water partition coefficient (Wildman–Crippen LogP) is 6.01. The van der Waals surface area contributed by atoms with Crippen LogP contribution in [-0.4, -0.2) is 47.1 Å². The van der Waals surface area contributed by atoms with Gasteiger partial charge in [-0.15, -0.1) is 0 Å². The van der Waals surface area contributed by atoms with Crippen LogP contribution in [0.5, 0.6) is 5.75 Å². The summed E-state index contributed by atoms with van der Waals surface area (Å²) < 4.78 is 98.9. The summed E-state index contributed by atoms with van der Waals surface area (Å²) in [6.07, 6.45) is -9.62. The molecule has 2 amide bonds. The number of pyridine rings is 1. The highest BCUT2D eigenvalue weighted by Crippen LogP contribution is 2.37. The number of urea groups is 1. The largest absolute Gasteiger partial charge is 0.477 e. The Morgan fingerprint density at radius 1 is 1.02 bits per heavy atom. The minimum atomic E-state index is -4.99. The fourth-order valence-corrected chi connectivity index (χ4v) is 3.91. The van der Waals surface area contributed by atoms with Gasteiger partial charge in [0.15, 0.2) is 0 Å². The number of benzene rings is 2. The normalized spacial score (nSPS) is 13.4. The smallest absolute Gasteiger partial charge is 0.461 e. The first kappa shape index (κ1) is 31.5. The molecule has 0 fully saturated rings. The number of alkyl halides is 6. The first-order chi connectivity index (χ1) is 19.1. The van der Waals surface area contributed by atoms with Crippen molar-refractivity contribution in [3.8, 4) is 5.75 Å². The summed E-state index contributed by atoms with van der Waals surface area (Å²) in [7, 11) is 0. The van der Waals surface area contributed by atoms with Crippen LogP contribution in [0.2, 0.25) is 5.02 Å². The molecule has 1 heterocycles. The first-order valence-electron chi connectivity index (χ1n) is 11.6. The highest BCUT2D eigenvalue weighted by Gasteiger charge is 2.45. The number of carboxylic acid groups (broad SMARTS) is 1. The van der Waals surface area contributed by atoms with Crippen molar-refractivity contribution in [1.29, 1.82) is 0 Å². The van der Waals surface area contributed by atoms with Crippen molar-refractivity contribution in [2.75, 3.05) is 6.54 Å². The average molecular weight is 608 g/mol. The fraction of sp³-hybridized carbons (Fsp3) is 0.269. The van der Waals surface area contributed by atoms with E-state index in [0.29, 0.717) is 11.6 Å². The molecule has 0 aliphatic rings. The third-order valence-corrected chi connectivity index (χ3v) is 5.94. The molecule has 3 rings (SSSR count). The third-order valence-electron chi connectivity index (χ3n) is 5.71. The monoisotopic (exact) mass is 607 g/mol. The van der Waals surface area contributed by atoms with E-state index >= 15 is 0 Å². The maximum absolute atomic E-state index is 14.8. The molecule has 1 aromatic heterocycles. The number of carbonyl (C=O) groups excluding carboxylic acids is 1. The molecule has 0 radical (unpaired) electrons. The lowest BCUT2D eigenvalue weighted by atomic mass is 9.80. The van der Waals surface area contributed by atoms with Crippen molar-refractivity contribution in [3.63, 3.8) is 0 Å². The van der Waals surface area contributed by atoms with Gasteiger partial charge in [0.05, 0.1) is 10.7 Å². The van der Waals surface area contributed by atoms with E-state index in [-0.39, 0.29) is 22.7 Å². The van der Waals surface area contributed by atoms with Crippen LogP contribution >= 0.6 is 11.6 Å². The number of aliphatic carboxylic acids is 1. The van der Waals surface area contributed by atoms with E-state index < -0.39 is 60.5 Å². The fourth-order valence-electron chi connectivity index (χ4n) is 3.80. The van der Waals surface area contributed by atoms with Crippen LogP contribution in [-0.2, 0) is 16.8 Å². The second kappa shape index (κ2) is 12.6. The molecule has 7 nitrogen and oxygen atoms in total. The molecule has 15 heteroatoms. The Kier molecular flexibility index (Phi) is 9.69. The Balaban J connectivity index is 2.14. The zero-order valence-electron chi connectivity index (χ0n) is 20.7. The Labute approximate surface area is 233 Å². The molecule has 0 aliphatic heterocycles. The molecule has 0 saturated heterocycles. The standard InChI is InChI=1S/C26H21ClF7N3O4/c27-17-6-7-20(36-14-17)24(13-15-4-2-1-3-5-15,37-23(40)35-9-8-25(31,32)22(38)39)16-10-18(28)12-19(11-16)41-26(33,34)21(29)30/h1-7,10-12,14,21H,8-9,13H2,(H,38,39)(H2,35,37,40)/t24-/m0/s1. The average Bonchev–Trinajstić information content (AvgIpc) is 2.88. The molecule has 0 saturated carbocycles. The summed E-state index contributed by atoms with van der Waals surface area (Å²) in [5.41, 5.74) is -1.84. The lowest BCUT2D eigenvalue weighted by molar-refractivity contribution is -0.253. The van der Waals surface area contributed by atoms with Crippen molar-refractivity contribution >= 4 is 23.6 Å². The van der Waals surface area contributed by atoms with Gasteiger partial charge in [-0.1, -0.05) is 41.9 Å². The molecule has 0 spiro atoms. The number of nitrogens with one attached hydrogen (secondary N) is 2. The van der Waals surface area contributed by atoms with Gasteiger partial charge in [0.1, 0.15) is 17.1 Å². The highest BCUT2D eigenvalue weighted by atomic mass is 35.5. The number of nitrogens with zero attached hydrogens (tertiary/aromatic N) is 1. The summed E-state index contributed by atoms with van der Waals surface area (Å²) in [6, 6.07) is 11.6. The van der Waals surface area contributed by atoms with Gasteiger partial charge in [0, 0.05) is 31.6 Å². The van der Waals surface area contributed by atoms with Gasteiger partial charge >= 0.3 is 30.5 Å². The van der Waals surface area contributed by atoms with E-state index in [9.17, 15) is 40.3 Å². The van der Waals surface area contributed by atoms with Gasteiger partial charge in [-0.3, -0.25) is 4.98 Å². The second-order valence-corrected chi connectivity index (χ2v) is 9.15. The van der Waals surface area contributed by atoms with Crippen molar-refractivity contribution < 1.29 is 50.2 Å². The van der Waals surface area contributed by atoms with E-state index in [4.69, 9.17) is 16.7 Å². The van der Waals surface area contributed by atoms with Crippen LogP contribution in [0.4, 0.5) is 35.5 Å². The number of amides is 2. The number of halogens is 8. The molecule has 3 aromatic rings. The van der Waals surface area contributed by atoms with Crippen molar-refractivity contribution in [1.82, 2.24) is 15.6 Å². The molecule has 0 unspecified atom stereocenters. The van der Waals surface area contributed by atoms with Crippen molar-refractivity contribution in [3.05, 3.63) is 94.5 Å². The molecule has 3 N–H and O–H groups in total. The summed E-state index contributed by atoms with van der Waals surface area (Å²) in [5, 5.41) is 13.3. The van der Waals surface area contributed by atoms with E-state index in [1.54, 1.807) is 30.3 Å².